The molecule has 5 heteroatoms. The lowest BCUT2D eigenvalue weighted by Crippen LogP contribution is -2.16. The van der Waals surface area contributed by atoms with Crippen LogP contribution < -0.4 is 9.47 Å². The predicted octanol–water partition coefficient (Wildman–Crippen LogP) is 4.94. The summed E-state index contributed by atoms with van der Waals surface area (Å²) in [5.41, 5.74) is 1.16. The molecule has 0 spiro atoms. The minimum absolute atomic E-state index is 0.288. The molecule has 0 saturated heterocycles. The molecule has 2 rings (SSSR count). The van der Waals surface area contributed by atoms with Crippen molar-refractivity contribution in [2.24, 2.45) is 0 Å². The van der Waals surface area contributed by atoms with Crippen LogP contribution in [0.3, 0.4) is 0 Å². The predicted molar refractivity (Wildman–Crippen MR) is 69.0 cm³/mol. The lowest BCUT2D eigenvalue weighted by molar-refractivity contribution is -0.274. The molecule has 0 aliphatic rings. The number of aryl methyl sites for hydroxylation is 1. The molecule has 2 aromatic carbocycles. The first-order chi connectivity index (χ1) is 9.46. The fraction of sp³-hybridized carbons (Fsp3) is 0.200. The van der Waals surface area contributed by atoms with Gasteiger partial charge in [-0.1, -0.05) is 25.1 Å². The first-order valence-electron chi connectivity index (χ1n) is 6.09. The van der Waals surface area contributed by atoms with Crippen molar-refractivity contribution < 1.29 is 22.6 Å². The summed E-state index contributed by atoms with van der Waals surface area (Å²) in [5.74, 6) is 0.544. The van der Waals surface area contributed by atoms with E-state index in [-0.39, 0.29) is 11.5 Å². The summed E-state index contributed by atoms with van der Waals surface area (Å²) >= 11 is 0. The van der Waals surface area contributed by atoms with E-state index in [2.05, 4.69) is 4.74 Å². The number of benzene rings is 2. The second-order valence-electron chi connectivity index (χ2n) is 4.12. The van der Waals surface area contributed by atoms with Gasteiger partial charge < -0.3 is 9.47 Å². The number of alkyl halides is 3. The summed E-state index contributed by atoms with van der Waals surface area (Å²) in [6, 6.07) is 12.8. The molecule has 0 unspecified atom stereocenters. The van der Waals surface area contributed by atoms with Crippen molar-refractivity contribution in [3.05, 3.63) is 54.1 Å². The first kappa shape index (κ1) is 14.2. The van der Waals surface area contributed by atoms with E-state index in [0.29, 0.717) is 5.75 Å². The van der Waals surface area contributed by atoms with Gasteiger partial charge in [-0.05, 0) is 36.2 Å². The molecule has 0 heterocycles. The van der Waals surface area contributed by atoms with Gasteiger partial charge in [-0.15, -0.1) is 13.2 Å². The molecule has 0 amide bonds. The summed E-state index contributed by atoms with van der Waals surface area (Å²) in [7, 11) is 0. The largest absolute Gasteiger partial charge is 0.573 e. The average Bonchev–Trinajstić information content (AvgIpc) is 2.38. The van der Waals surface area contributed by atoms with Crippen LogP contribution in [-0.4, -0.2) is 6.36 Å². The zero-order chi connectivity index (χ0) is 14.6. The highest BCUT2D eigenvalue weighted by Crippen LogP contribution is 2.28. The Labute approximate surface area is 114 Å². The molecule has 106 valence electrons. The summed E-state index contributed by atoms with van der Waals surface area (Å²) in [5, 5.41) is 0. The van der Waals surface area contributed by atoms with Crippen molar-refractivity contribution >= 4 is 0 Å². The SMILES string of the molecule is CCc1ccc(Oc2cccc(OC(F)(F)F)c2)cc1. The van der Waals surface area contributed by atoms with E-state index >= 15 is 0 Å². The monoisotopic (exact) mass is 282 g/mol. The first-order valence-corrected chi connectivity index (χ1v) is 6.09. The highest BCUT2D eigenvalue weighted by molar-refractivity contribution is 5.37. The third-order valence-electron chi connectivity index (χ3n) is 2.61. The third kappa shape index (κ3) is 4.19. The Morgan fingerprint density at radius 3 is 2.15 bits per heavy atom. The summed E-state index contributed by atoms with van der Waals surface area (Å²) < 4.78 is 45.7. The van der Waals surface area contributed by atoms with E-state index < -0.39 is 6.36 Å². The highest BCUT2D eigenvalue weighted by Gasteiger charge is 2.31. The van der Waals surface area contributed by atoms with Gasteiger partial charge in [0.25, 0.3) is 0 Å². The maximum Gasteiger partial charge on any atom is 0.573 e. The number of hydrogen-bond donors (Lipinski definition) is 0. The van der Waals surface area contributed by atoms with Crippen LogP contribution in [0.4, 0.5) is 13.2 Å². The van der Waals surface area contributed by atoms with E-state index in [0.717, 1.165) is 12.0 Å². The van der Waals surface area contributed by atoms with Crippen LogP contribution >= 0.6 is 0 Å². The Morgan fingerprint density at radius 2 is 1.55 bits per heavy atom. The molecule has 0 saturated carbocycles. The molecule has 0 aromatic heterocycles. The lowest BCUT2D eigenvalue weighted by atomic mass is 10.2. The Hall–Kier alpha value is -2.17. The summed E-state index contributed by atoms with van der Waals surface area (Å²) in [4.78, 5) is 0. The number of halogens is 3. The fourth-order valence-corrected chi connectivity index (χ4v) is 1.66. The minimum Gasteiger partial charge on any atom is -0.457 e. The molecular formula is C15H13F3O2. The van der Waals surface area contributed by atoms with Crippen molar-refractivity contribution in [3.8, 4) is 17.2 Å². The normalized spacial score (nSPS) is 11.2. The van der Waals surface area contributed by atoms with Crippen molar-refractivity contribution in [1.82, 2.24) is 0 Å². The van der Waals surface area contributed by atoms with E-state index in [1.807, 2.05) is 19.1 Å². The van der Waals surface area contributed by atoms with Gasteiger partial charge in [-0.2, -0.15) is 0 Å². The van der Waals surface area contributed by atoms with Crippen LogP contribution in [0.15, 0.2) is 48.5 Å². The van der Waals surface area contributed by atoms with Crippen molar-refractivity contribution in [1.29, 1.82) is 0 Å². The van der Waals surface area contributed by atoms with E-state index in [9.17, 15) is 13.2 Å². The van der Waals surface area contributed by atoms with E-state index in [1.165, 1.54) is 18.2 Å². The standard InChI is InChI=1S/C15H13F3O2/c1-2-11-6-8-12(9-7-11)19-13-4-3-5-14(10-13)20-15(16,17)18/h3-10H,2H2,1H3. The van der Waals surface area contributed by atoms with Crippen molar-refractivity contribution in [3.63, 3.8) is 0 Å². The molecule has 0 aliphatic heterocycles. The van der Waals surface area contributed by atoms with Crippen LogP contribution in [0.2, 0.25) is 0 Å². The van der Waals surface area contributed by atoms with Gasteiger partial charge in [0.15, 0.2) is 0 Å². The lowest BCUT2D eigenvalue weighted by Gasteiger charge is -2.11. The molecule has 0 N–H and O–H groups in total. The molecule has 0 fully saturated rings. The van der Waals surface area contributed by atoms with Crippen LogP contribution in [0.1, 0.15) is 12.5 Å². The maximum atomic E-state index is 12.1. The van der Waals surface area contributed by atoms with Crippen LogP contribution in [-0.2, 0) is 6.42 Å². The zero-order valence-corrected chi connectivity index (χ0v) is 10.8. The summed E-state index contributed by atoms with van der Waals surface area (Å²) in [6.07, 6.45) is -3.80. The van der Waals surface area contributed by atoms with Gasteiger partial charge >= 0.3 is 6.36 Å². The van der Waals surface area contributed by atoms with Gasteiger partial charge in [0.2, 0.25) is 0 Å². The van der Waals surface area contributed by atoms with Gasteiger partial charge in [0.1, 0.15) is 17.2 Å². The fourth-order valence-electron chi connectivity index (χ4n) is 1.66. The number of ether oxygens (including phenoxy) is 2. The average molecular weight is 282 g/mol. The Morgan fingerprint density at radius 1 is 0.900 bits per heavy atom. The second kappa shape index (κ2) is 5.86. The Balaban J connectivity index is 2.10. The smallest absolute Gasteiger partial charge is 0.457 e. The van der Waals surface area contributed by atoms with Crippen molar-refractivity contribution in [2.75, 3.05) is 0 Å². The second-order valence-corrected chi connectivity index (χ2v) is 4.12. The third-order valence-corrected chi connectivity index (χ3v) is 2.61. The molecule has 0 bridgehead atoms. The topological polar surface area (TPSA) is 18.5 Å². The highest BCUT2D eigenvalue weighted by atomic mass is 19.4. The van der Waals surface area contributed by atoms with Gasteiger partial charge in [0, 0.05) is 6.07 Å². The van der Waals surface area contributed by atoms with Gasteiger partial charge in [-0.25, -0.2) is 0 Å². The van der Waals surface area contributed by atoms with Crippen molar-refractivity contribution in [2.45, 2.75) is 19.7 Å². The zero-order valence-electron chi connectivity index (χ0n) is 10.8. The molecular weight excluding hydrogens is 269 g/mol. The molecule has 0 radical (unpaired) electrons. The van der Waals surface area contributed by atoms with Gasteiger partial charge in [-0.3, -0.25) is 0 Å². The minimum atomic E-state index is -4.71. The maximum absolute atomic E-state index is 12.1. The Bertz CT molecular complexity index is 562. The van der Waals surface area contributed by atoms with Gasteiger partial charge in [0.05, 0.1) is 0 Å². The number of hydrogen-bond acceptors (Lipinski definition) is 2. The molecule has 2 nitrogen and oxygen atoms in total. The quantitative estimate of drug-likeness (QED) is 0.790. The number of rotatable bonds is 4. The van der Waals surface area contributed by atoms with Crippen LogP contribution in [0.25, 0.3) is 0 Å². The van der Waals surface area contributed by atoms with E-state index in [1.54, 1.807) is 18.2 Å². The molecule has 2 aromatic rings. The Kier molecular flexibility index (Phi) is 4.17. The van der Waals surface area contributed by atoms with Crippen LogP contribution in [0.5, 0.6) is 17.2 Å². The molecule has 0 atom stereocenters. The summed E-state index contributed by atoms with van der Waals surface area (Å²) in [6.45, 7) is 2.04. The van der Waals surface area contributed by atoms with E-state index in [4.69, 9.17) is 4.74 Å². The molecule has 20 heavy (non-hydrogen) atoms. The van der Waals surface area contributed by atoms with Crippen LogP contribution in [0, 0.1) is 0 Å². The molecule has 0 aliphatic carbocycles.